The van der Waals surface area contributed by atoms with Crippen LogP contribution in [0.3, 0.4) is 0 Å². The number of piperazine rings is 1. The van der Waals surface area contributed by atoms with Crippen LogP contribution in [-0.4, -0.2) is 66.7 Å². The number of nitrogens with one attached hydrogen (secondary N) is 2. The van der Waals surface area contributed by atoms with E-state index in [0.29, 0.717) is 12.1 Å². The smallest absolute Gasteiger partial charge is 0.306 e. The molecule has 1 fully saturated rings. The molecule has 1 aromatic rings. The lowest BCUT2D eigenvalue weighted by Gasteiger charge is -2.29. The van der Waals surface area contributed by atoms with Gasteiger partial charge in [-0.15, -0.1) is 0 Å². The van der Waals surface area contributed by atoms with E-state index in [4.69, 9.17) is 10.8 Å². The van der Waals surface area contributed by atoms with Crippen molar-refractivity contribution >= 4 is 23.5 Å². The van der Waals surface area contributed by atoms with Crippen molar-refractivity contribution in [3.05, 3.63) is 29.3 Å². The Kier molecular flexibility index (Phi) is 5.38. The molecule has 0 aliphatic carbocycles. The highest BCUT2D eigenvalue weighted by Gasteiger charge is 2.30. The Morgan fingerprint density at radius 1 is 1.31 bits per heavy atom. The molecule has 9 heteroatoms. The fourth-order valence-electron chi connectivity index (χ4n) is 3.26. The van der Waals surface area contributed by atoms with Crippen LogP contribution in [0.5, 0.6) is 0 Å². The summed E-state index contributed by atoms with van der Waals surface area (Å²) in [6, 6.07) is 5.82. The molecule has 0 unspecified atom stereocenters. The molecule has 0 bridgehead atoms. The van der Waals surface area contributed by atoms with Crippen LogP contribution >= 0.6 is 0 Å². The minimum atomic E-state index is -1.09. The van der Waals surface area contributed by atoms with Crippen LogP contribution in [-0.2, 0) is 16.1 Å². The Hall–Kier alpha value is -2.65. The second-order valence-corrected chi connectivity index (χ2v) is 6.51. The lowest BCUT2D eigenvalue weighted by atomic mass is 10.1. The fraction of sp³-hybridized carbons (Fsp3) is 0.471. The number of hydrogen-bond donors (Lipinski definition) is 4. The molecule has 0 aromatic heterocycles. The summed E-state index contributed by atoms with van der Waals surface area (Å²) in [4.78, 5) is 38.9. The normalized spacial score (nSPS) is 17.8. The van der Waals surface area contributed by atoms with Gasteiger partial charge >= 0.3 is 5.97 Å². The number of aliphatic carboxylic acids is 1. The fourth-order valence-corrected chi connectivity index (χ4v) is 3.26. The molecule has 140 valence electrons. The van der Waals surface area contributed by atoms with Crippen LogP contribution in [0.25, 0.3) is 0 Å². The van der Waals surface area contributed by atoms with Gasteiger partial charge in [0.2, 0.25) is 5.91 Å². The van der Waals surface area contributed by atoms with Crippen molar-refractivity contribution in [2.45, 2.75) is 19.1 Å². The second kappa shape index (κ2) is 7.71. The van der Waals surface area contributed by atoms with E-state index in [-0.39, 0.29) is 18.9 Å². The van der Waals surface area contributed by atoms with Gasteiger partial charge in [0.1, 0.15) is 6.54 Å². The third kappa shape index (κ3) is 4.12. The zero-order valence-electron chi connectivity index (χ0n) is 14.4. The van der Waals surface area contributed by atoms with E-state index in [1.54, 1.807) is 0 Å². The first-order valence-electron chi connectivity index (χ1n) is 8.58. The van der Waals surface area contributed by atoms with Gasteiger partial charge in [-0.1, -0.05) is 6.07 Å². The predicted molar refractivity (Wildman–Crippen MR) is 94.6 cm³/mol. The summed E-state index contributed by atoms with van der Waals surface area (Å²) in [7, 11) is 0. The van der Waals surface area contributed by atoms with Gasteiger partial charge < -0.3 is 31.3 Å². The van der Waals surface area contributed by atoms with Crippen molar-refractivity contribution in [1.29, 1.82) is 0 Å². The van der Waals surface area contributed by atoms with Crippen molar-refractivity contribution < 1.29 is 19.5 Å². The van der Waals surface area contributed by atoms with Crippen molar-refractivity contribution in [2.24, 2.45) is 5.73 Å². The summed E-state index contributed by atoms with van der Waals surface area (Å²) in [5.74, 6) is -1.76. The van der Waals surface area contributed by atoms with Gasteiger partial charge in [-0.05, 0) is 17.7 Å². The number of carbonyl (C=O) groups is 3. The van der Waals surface area contributed by atoms with Gasteiger partial charge in [0.15, 0.2) is 0 Å². The molecule has 2 amide bonds. The number of carboxylic acids is 1. The highest BCUT2D eigenvalue weighted by Crippen LogP contribution is 2.27. The van der Waals surface area contributed by atoms with Crippen molar-refractivity contribution in [2.75, 3.05) is 37.6 Å². The Bertz CT molecular complexity index is 717. The average Bonchev–Trinajstić information content (AvgIpc) is 2.90. The van der Waals surface area contributed by atoms with E-state index in [1.807, 2.05) is 18.2 Å². The average molecular weight is 361 g/mol. The topological polar surface area (TPSA) is 128 Å². The van der Waals surface area contributed by atoms with Crippen LogP contribution < -0.4 is 21.3 Å². The largest absolute Gasteiger partial charge is 0.481 e. The van der Waals surface area contributed by atoms with E-state index in [9.17, 15) is 14.4 Å². The maximum atomic E-state index is 12.6. The lowest BCUT2D eigenvalue weighted by Crippen LogP contribution is -2.47. The number of fused-ring (bicyclic) bond motifs is 1. The van der Waals surface area contributed by atoms with Gasteiger partial charge in [0, 0.05) is 44.0 Å². The molecule has 0 radical (unpaired) electrons. The third-order valence-electron chi connectivity index (χ3n) is 4.53. The summed E-state index contributed by atoms with van der Waals surface area (Å²) in [5, 5.41) is 14.4. The molecular formula is C17H23N5O4. The van der Waals surface area contributed by atoms with Crippen LogP contribution in [0.15, 0.2) is 18.2 Å². The molecule has 26 heavy (non-hydrogen) atoms. The molecular weight excluding hydrogens is 338 g/mol. The van der Waals surface area contributed by atoms with Gasteiger partial charge in [0.25, 0.3) is 5.91 Å². The monoisotopic (exact) mass is 361 g/mol. The SMILES string of the molecule is N[C@H](CC(=O)O)NC(=O)CN1Cc2ccc(N3CCNCC3)cc2C1=O. The maximum Gasteiger partial charge on any atom is 0.306 e. The van der Waals surface area contributed by atoms with Crippen LogP contribution in [0.1, 0.15) is 22.3 Å². The number of nitrogens with two attached hydrogens (primary N) is 1. The number of anilines is 1. The molecule has 2 heterocycles. The highest BCUT2D eigenvalue weighted by molar-refractivity contribution is 6.01. The Balaban J connectivity index is 1.62. The van der Waals surface area contributed by atoms with E-state index in [2.05, 4.69) is 15.5 Å². The third-order valence-corrected chi connectivity index (χ3v) is 4.53. The van der Waals surface area contributed by atoms with Crippen molar-refractivity contribution in [1.82, 2.24) is 15.5 Å². The molecule has 1 aromatic carbocycles. The minimum absolute atomic E-state index is 0.149. The number of carbonyl (C=O) groups excluding carboxylic acids is 2. The van der Waals surface area contributed by atoms with Gasteiger partial charge in [-0.3, -0.25) is 14.4 Å². The molecule has 2 aliphatic rings. The van der Waals surface area contributed by atoms with E-state index in [1.165, 1.54) is 4.90 Å². The van der Waals surface area contributed by atoms with Crippen molar-refractivity contribution in [3.8, 4) is 0 Å². The second-order valence-electron chi connectivity index (χ2n) is 6.51. The van der Waals surface area contributed by atoms with Gasteiger partial charge in [-0.25, -0.2) is 0 Å². The molecule has 1 atom stereocenters. The summed E-state index contributed by atoms with van der Waals surface area (Å²) in [6.07, 6.45) is -1.34. The molecule has 3 rings (SSSR count). The number of benzene rings is 1. The first-order valence-corrected chi connectivity index (χ1v) is 8.58. The highest BCUT2D eigenvalue weighted by atomic mass is 16.4. The molecule has 0 spiro atoms. The number of nitrogens with zero attached hydrogens (tertiary/aromatic N) is 2. The summed E-state index contributed by atoms with van der Waals surface area (Å²) in [6.45, 7) is 3.81. The van der Waals surface area contributed by atoms with Gasteiger partial charge in [0.05, 0.1) is 12.6 Å². The number of amides is 2. The molecule has 5 N–H and O–H groups in total. The number of hydrogen-bond acceptors (Lipinski definition) is 6. The number of rotatable bonds is 6. The zero-order valence-corrected chi connectivity index (χ0v) is 14.4. The summed E-state index contributed by atoms with van der Waals surface area (Å²) >= 11 is 0. The van der Waals surface area contributed by atoms with E-state index in [0.717, 1.165) is 37.4 Å². The standard InChI is InChI=1S/C17H23N5O4/c18-14(8-16(24)25)20-15(23)10-22-9-11-1-2-12(7-13(11)17(22)26)21-5-3-19-4-6-21/h1-2,7,14,19H,3-6,8-10,18H2,(H,20,23)(H,24,25)/t14-/m0/s1. The Morgan fingerprint density at radius 3 is 2.73 bits per heavy atom. The van der Waals surface area contributed by atoms with Crippen LogP contribution in [0.4, 0.5) is 5.69 Å². The quantitative estimate of drug-likeness (QED) is 0.475. The summed E-state index contributed by atoms with van der Waals surface area (Å²) in [5.41, 5.74) is 8.05. The molecule has 1 saturated heterocycles. The number of carboxylic acid groups (broad SMARTS) is 1. The Morgan fingerprint density at radius 2 is 2.04 bits per heavy atom. The summed E-state index contributed by atoms with van der Waals surface area (Å²) < 4.78 is 0. The lowest BCUT2D eigenvalue weighted by molar-refractivity contribution is -0.137. The zero-order chi connectivity index (χ0) is 18.7. The predicted octanol–water partition coefficient (Wildman–Crippen LogP) is -1.07. The molecule has 2 aliphatic heterocycles. The first kappa shape index (κ1) is 18.2. The first-order chi connectivity index (χ1) is 12.4. The van der Waals surface area contributed by atoms with Crippen LogP contribution in [0, 0.1) is 0 Å². The van der Waals surface area contributed by atoms with E-state index >= 15 is 0 Å². The maximum absolute atomic E-state index is 12.6. The van der Waals surface area contributed by atoms with Crippen LogP contribution in [0.2, 0.25) is 0 Å². The minimum Gasteiger partial charge on any atom is -0.481 e. The van der Waals surface area contributed by atoms with E-state index < -0.39 is 18.0 Å². The Labute approximate surface area is 151 Å². The molecule has 0 saturated carbocycles. The van der Waals surface area contributed by atoms with Gasteiger partial charge in [-0.2, -0.15) is 0 Å². The molecule has 9 nitrogen and oxygen atoms in total. The van der Waals surface area contributed by atoms with Crippen molar-refractivity contribution in [3.63, 3.8) is 0 Å².